The minimum atomic E-state index is -0.167. The van der Waals surface area contributed by atoms with Crippen molar-refractivity contribution in [1.29, 1.82) is 0 Å². The lowest BCUT2D eigenvalue weighted by atomic mass is 9.69. The van der Waals surface area contributed by atoms with E-state index in [1.54, 1.807) is 12.1 Å². The first kappa shape index (κ1) is 15.5. The van der Waals surface area contributed by atoms with E-state index in [1.807, 2.05) is 19.2 Å². The third-order valence-corrected chi connectivity index (χ3v) is 4.93. The number of benzene rings is 1. The molecule has 1 aromatic rings. The molecule has 1 aliphatic rings. The lowest BCUT2D eigenvalue weighted by Gasteiger charge is -2.50. The number of hydrogen-bond acceptors (Lipinski definition) is 2. The van der Waals surface area contributed by atoms with Crippen LogP contribution in [0.25, 0.3) is 0 Å². The molecule has 20 heavy (non-hydrogen) atoms. The van der Waals surface area contributed by atoms with Crippen molar-refractivity contribution in [2.45, 2.75) is 44.2 Å². The van der Waals surface area contributed by atoms with Gasteiger partial charge in [0.05, 0.1) is 6.04 Å². The van der Waals surface area contributed by atoms with Crippen molar-refractivity contribution >= 4 is 0 Å². The van der Waals surface area contributed by atoms with E-state index in [0.29, 0.717) is 0 Å². The van der Waals surface area contributed by atoms with Crippen molar-refractivity contribution in [3.8, 4) is 0 Å². The van der Waals surface area contributed by atoms with Crippen LogP contribution in [0.3, 0.4) is 0 Å². The van der Waals surface area contributed by atoms with Gasteiger partial charge < -0.3 is 10.2 Å². The molecule has 3 atom stereocenters. The fourth-order valence-corrected chi connectivity index (χ4v) is 3.89. The number of nitrogens with zero attached hydrogens (tertiary/aromatic N) is 1. The second-order valence-corrected chi connectivity index (χ2v) is 6.47. The van der Waals surface area contributed by atoms with Crippen molar-refractivity contribution in [3.05, 3.63) is 35.6 Å². The van der Waals surface area contributed by atoms with Crippen LogP contribution in [0.4, 0.5) is 4.39 Å². The van der Waals surface area contributed by atoms with E-state index in [-0.39, 0.29) is 17.4 Å². The molecule has 112 valence electrons. The zero-order chi connectivity index (χ0) is 14.8. The van der Waals surface area contributed by atoms with Gasteiger partial charge in [0.25, 0.3) is 0 Å². The smallest absolute Gasteiger partial charge is 0.123 e. The summed E-state index contributed by atoms with van der Waals surface area (Å²) in [5, 5.41) is 3.49. The van der Waals surface area contributed by atoms with Crippen molar-refractivity contribution in [2.75, 3.05) is 21.1 Å². The molecule has 1 aromatic carbocycles. The molecule has 1 fully saturated rings. The molecule has 2 nitrogen and oxygen atoms in total. The maximum Gasteiger partial charge on any atom is 0.123 e. The zero-order valence-electron chi connectivity index (χ0n) is 13.1. The van der Waals surface area contributed by atoms with Gasteiger partial charge in [-0.1, -0.05) is 31.9 Å². The maximum absolute atomic E-state index is 13.2. The highest BCUT2D eigenvalue weighted by Crippen LogP contribution is 2.43. The average Bonchev–Trinajstić information content (AvgIpc) is 2.41. The molecule has 2 rings (SSSR count). The molecule has 0 saturated heterocycles. The van der Waals surface area contributed by atoms with Crippen molar-refractivity contribution in [1.82, 2.24) is 10.2 Å². The van der Waals surface area contributed by atoms with Crippen LogP contribution in [-0.2, 0) is 0 Å². The Morgan fingerprint density at radius 3 is 2.45 bits per heavy atom. The first-order valence-electron chi connectivity index (χ1n) is 7.60. The van der Waals surface area contributed by atoms with Gasteiger partial charge in [0.15, 0.2) is 0 Å². The molecule has 3 heteroatoms. The van der Waals surface area contributed by atoms with Crippen LogP contribution in [-0.4, -0.2) is 31.6 Å². The minimum absolute atomic E-state index is 0.115. The van der Waals surface area contributed by atoms with Gasteiger partial charge in [-0.2, -0.15) is 0 Å². The van der Waals surface area contributed by atoms with E-state index in [0.717, 1.165) is 5.92 Å². The van der Waals surface area contributed by atoms with Gasteiger partial charge in [0, 0.05) is 5.54 Å². The number of hydrogen-bond donors (Lipinski definition) is 1. The summed E-state index contributed by atoms with van der Waals surface area (Å²) in [7, 11) is 6.36. The van der Waals surface area contributed by atoms with Gasteiger partial charge in [0.1, 0.15) is 5.82 Å². The highest BCUT2D eigenvalue weighted by Gasteiger charge is 2.43. The highest BCUT2D eigenvalue weighted by atomic mass is 19.1. The predicted molar refractivity (Wildman–Crippen MR) is 82.3 cm³/mol. The number of likely N-dealkylation sites (N-methyl/N-ethyl adjacent to an activating group) is 2. The molecule has 0 aromatic heterocycles. The quantitative estimate of drug-likeness (QED) is 0.905. The third-order valence-electron chi connectivity index (χ3n) is 4.93. The SMILES string of the molecule is CNC(c1ccc(F)cc1)C1(N(C)C)CCCC(C)C1. The monoisotopic (exact) mass is 278 g/mol. The summed E-state index contributed by atoms with van der Waals surface area (Å²) in [6.45, 7) is 2.34. The molecule has 0 radical (unpaired) electrons. The lowest BCUT2D eigenvalue weighted by molar-refractivity contribution is 0.0393. The zero-order valence-corrected chi connectivity index (χ0v) is 13.1. The fourth-order valence-electron chi connectivity index (χ4n) is 3.89. The first-order chi connectivity index (χ1) is 9.49. The van der Waals surface area contributed by atoms with Gasteiger partial charge in [-0.3, -0.25) is 0 Å². The van der Waals surface area contributed by atoms with E-state index >= 15 is 0 Å². The maximum atomic E-state index is 13.2. The molecular formula is C17H27FN2. The van der Waals surface area contributed by atoms with Crippen molar-refractivity contribution in [2.24, 2.45) is 5.92 Å². The summed E-state index contributed by atoms with van der Waals surface area (Å²) >= 11 is 0. The summed E-state index contributed by atoms with van der Waals surface area (Å²) < 4.78 is 13.2. The van der Waals surface area contributed by atoms with E-state index < -0.39 is 0 Å². The van der Waals surface area contributed by atoms with Gasteiger partial charge in [-0.05, 0) is 57.6 Å². The molecule has 1 aliphatic carbocycles. The Morgan fingerprint density at radius 1 is 1.30 bits per heavy atom. The largest absolute Gasteiger partial charge is 0.311 e. The summed E-state index contributed by atoms with van der Waals surface area (Å²) in [5.41, 5.74) is 1.29. The fraction of sp³-hybridized carbons (Fsp3) is 0.647. The van der Waals surface area contributed by atoms with Crippen LogP contribution in [0.15, 0.2) is 24.3 Å². The highest BCUT2D eigenvalue weighted by molar-refractivity contribution is 5.24. The summed E-state index contributed by atoms with van der Waals surface area (Å²) in [4.78, 5) is 2.37. The Balaban J connectivity index is 2.37. The predicted octanol–water partition coefficient (Wildman–Crippen LogP) is 3.60. The minimum Gasteiger partial charge on any atom is -0.311 e. The lowest BCUT2D eigenvalue weighted by Crippen LogP contribution is -2.55. The van der Waals surface area contributed by atoms with Crippen LogP contribution in [0, 0.1) is 11.7 Å². The molecule has 0 bridgehead atoms. The van der Waals surface area contributed by atoms with Gasteiger partial charge in [-0.15, -0.1) is 0 Å². The topological polar surface area (TPSA) is 15.3 Å². The number of rotatable bonds is 4. The van der Waals surface area contributed by atoms with Gasteiger partial charge in [-0.25, -0.2) is 4.39 Å². The number of nitrogens with one attached hydrogen (secondary N) is 1. The Bertz CT molecular complexity index is 429. The summed E-state index contributed by atoms with van der Waals surface area (Å²) in [5.74, 6) is 0.571. The molecule has 1 saturated carbocycles. The molecule has 0 amide bonds. The molecule has 0 heterocycles. The molecule has 0 spiro atoms. The van der Waals surface area contributed by atoms with E-state index in [9.17, 15) is 4.39 Å². The standard InChI is InChI=1S/C17H27FN2/c1-13-6-5-11-17(12-13,20(3)4)16(19-2)14-7-9-15(18)10-8-14/h7-10,13,16,19H,5-6,11-12H2,1-4H3. The number of halogens is 1. The second kappa shape index (κ2) is 6.23. The van der Waals surface area contributed by atoms with Crippen LogP contribution in [0.1, 0.15) is 44.2 Å². The first-order valence-corrected chi connectivity index (χ1v) is 7.60. The van der Waals surface area contributed by atoms with Crippen LogP contribution < -0.4 is 5.32 Å². The second-order valence-electron chi connectivity index (χ2n) is 6.47. The Morgan fingerprint density at radius 2 is 1.95 bits per heavy atom. The van der Waals surface area contributed by atoms with Crippen molar-refractivity contribution in [3.63, 3.8) is 0 Å². The Labute approximate surface area is 122 Å². The summed E-state index contributed by atoms with van der Waals surface area (Å²) in [6, 6.07) is 7.20. The Hall–Kier alpha value is -0.930. The molecule has 3 unspecified atom stereocenters. The summed E-state index contributed by atoms with van der Waals surface area (Å²) in [6.07, 6.45) is 4.95. The average molecular weight is 278 g/mol. The van der Waals surface area contributed by atoms with Gasteiger partial charge >= 0.3 is 0 Å². The van der Waals surface area contributed by atoms with E-state index in [1.165, 1.54) is 31.2 Å². The van der Waals surface area contributed by atoms with Crippen LogP contribution in [0.2, 0.25) is 0 Å². The van der Waals surface area contributed by atoms with E-state index in [2.05, 4.69) is 31.2 Å². The van der Waals surface area contributed by atoms with Crippen LogP contribution in [0.5, 0.6) is 0 Å². The molecule has 1 N–H and O–H groups in total. The van der Waals surface area contributed by atoms with Gasteiger partial charge in [0.2, 0.25) is 0 Å². The van der Waals surface area contributed by atoms with Crippen LogP contribution >= 0.6 is 0 Å². The third kappa shape index (κ3) is 2.89. The van der Waals surface area contributed by atoms with Crippen molar-refractivity contribution < 1.29 is 4.39 Å². The van der Waals surface area contributed by atoms with E-state index in [4.69, 9.17) is 0 Å². The molecule has 0 aliphatic heterocycles. The molecular weight excluding hydrogens is 251 g/mol. The normalized spacial score (nSPS) is 28.6. The Kier molecular flexibility index (Phi) is 4.82.